The Labute approximate surface area is 217 Å². The van der Waals surface area contributed by atoms with Crippen molar-refractivity contribution in [3.8, 4) is 16.3 Å². The van der Waals surface area contributed by atoms with Gasteiger partial charge < -0.3 is 15.4 Å². The van der Waals surface area contributed by atoms with Gasteiger partial charge in [-0.15, -0.1) is 11.3 Å². The Morgan fingerprint density at radius 1 is 1.17 bits per heavy atom. The summed E-state index contributed by atoms with van der Waals surface area (Å²) in [7, 11) is 2.00. The van der Waals surface area contributed by atoms with Crippen LogP contribution in [0.5, 0.6) is 5.75 Å². The van der Waals surface area contributed by atoms with Crippen LogP contribution in [-0.4, -0.2) is 27.3 Å². The number of anilines is 1. The molecule has 0 radical (unpaired) electrons. The second-order valence-corrected chi connectivity index (χ2v) is 9.86. The van der Waals surface area contributed by atoms with Crippen LogP contribution in [0.1, 0.15) is 33.8 Å². The lowest BCUT2D eigenvalue weighted by atomic mass is 10.1. The van der Waals surface area contributed by atoms with Gasteiger partial charge in [-0.25, -0.2) is 9.97 Å². The molecule has 0 fully saturated rings. The van der Waals surface area contributed by atoms with Gasteiger partial charge in [0.05, 0.1) is 16.8 Å². The molecule has 1 atom stereocenters. The highest BCUT2D eigenvalue weighted by molar-refractivity contribution is 7.17. The molecule has 5 rings (SSSR count). The summed E-state index contributed by atoms with van der Waals surface area (Å²) in [6.45, 7) is 2.56. The van der Waals surface area contributed by atoms with Gasteiger partial charge in [0.1, 0.15) is 28.2 Å². The molecule has 9 heteroatoms. The monoisotopic (exact) mass is 517 g/mol. The van der Waals surface area contributed by atoms with Crippen LogP contribution in [0.3, 0.4) is 0 Å². The molecule has 182 valence electrons. The first kappa shape index (κ1) is 23.8. The normalized spacial score (nSPS) is 12.0. The molecule has 0 aliphatic rings. The molecule has 2 N–H and O–H groups in total. The topological polar surface area (TPSA) is 85.8 Å². The van der Waals surface area contributed by atoms with Gasteiger partial charge in [-0.1, -0.05) is 41.9 Å². The van der Waals surface area contributed by atoms with Crippen molar-refractivity contribution < 1.29 is 9.53 Å². The fourth-order valence-corrected chi connectivity index (χ4v) is 5.29. The molecule has 4 heterocycles. The Hall–Kier alpha value is -3.88. The van der Waals surface area contributed by atoms with Crippen molar-refractivity contribution in [3.05, 3.63) is 100 Å². The van der Waals surface area contributed by atoms with Crippen LogP contribution in [0.25, 0.3) is 16.2 Å². The van der Waals surface area contributed by atoms with Gasteiger partial charge in [0, 0.05) is 42.6 Å². The minimum absolute atomic E-state index is 0.352. The Balaban J connectivity index is 1.46. The third-order valence-electron chi connectivity index (χ3n) is 5.85. The highest BCUT2D eigenvalue weighted by Crippen LogP contribution is 2.39. The van der Waals surface area contributed by atoms with E-state index in [9.17, 15) is 4.79 Å². The van der Waals surface area contributed by atoms with Gasteiger partial charge in [-0.2, -0.15) is 0 Å². The third kappa shape index (κ3) is 4.78. The summed E-state index contributed by atoms with van der Waals surface area (Å²) in [6.07, 6.45) is 5.25. The fourth-order valence-electron chi connectivity index (χ4n) is 4.05. The first-order valence-corrected chi connectivity index (χ1v) is 12.5. The van der Waals surface area contributed by atoms with E-state index in [1.165, 1.54) is 11.3 Å². The molecule has 0 bridgehead atoms. The molecule has 4 aromatic heterocycles. The summed E-state index contributed by atoms with van der Waals surface area (Å²) in [4.78, 5) is 24.5. The van der Waals surface area contributed by atoms with E-state index in [0.717, 1.165) is 33.2 Å². The first-order valence-electron chi connectivity index (χ1n) is 11.3. The zero-order valence-corrected chi connectivity index (χ0v) is 21.3. The maximum Gasteiger partial charge on any atom is 0.262 e. The summed E-state index contributed by atoms with van der Waals surface area (Å²) >= 11 is 7.63. The number of thiophene rings is 1. The first-order chi connectivity index (χ1) is 17.4. The lowest BCUT2D eigenvalue weighted by Crippen LogP contribution is -2.17. The predicted molar refractivity (Wildman–Crippen MR) is 144 cm³/mol. The van der Waals surface area contributed by atoms with E-state index in [0.29, 0.717) is 22.2 Å². The van der Waals surface area contributed by atoms with Gasteiger partial charge in [0.2, 0.25) is 0 Å². The summed E-state index contributed by atoms with van der Waals surface area (Å²) in [5.41, 5.74) is 9.27. The Kier molecular flexibility index (Phi) is 6.63. The van der Waals surface area contributed by atoms with E-state index in [1.54, 1.807) is 12.4 Å². The molecule has 0 saturated carbocycles. The number of carbonyl (C=O) groups excluding carboxylic acids is 1. The van der Waals surface area contributed by atoms with Crippen LogP contribution in [0.15, 0.2) is 79.3 Å². The highest BCUT2D eigenvalue weighted by Gasteiger charge is 2.21. The van der Waals surface area contributed by atoms with Crippen molar-refractivity contribution in [2.75, 3.05) is 11.9 Å². The standard InChI is InChI=1S/C27H24ClN5O2S/c1-17(19-7-3-4-8-20(19)28)35-22-13-23(36-26(22)27(29)34)21-14-31-25-11-10-18(16-33(21)25)15-32(2)24-9-5-6-12-30-24/h3-14,16-17H,15H2,1-2H3,(H2,29,34)/t17-/m1/s1. The van der Waals surface area contributed by atoms with Crippen LogP contribution < -0.4 is 15.4 Å². The summed E-state index contributed by atoms with van der Waals surface area (Å²) in [6, 6.07) is 19.2. The number of hydrogen-bond acceptors (Lipinski definition) is 6. The second kappa shape index (κ2) is 10.0. The number of nitrogens with two attached hydrogens (primary N) is 1. The summed E-state index contributed by atoms with van der Waals surface area (Å²) in [5.74, 6) is 0.775. The molecule has 7 nitrogen and oxygen atoms in total. The van der Waals surface area contributed by atoms with Crippen LogP contribution in [0.2, 0.25) is 5.02 Å². The van der Waals surface area contributed by atoms with Gasteiger partial charge in [0.15, 0.2) is 0 Å². The van der Waals surface area contributed by atoms with Crippen molar-refractivity contribution in [1.82, 2.24) is 14.4 Å². The minimum atomic E-state index is -0.542. The number of halogens is 1. The van der Waals surface area contributed by atoms with E-state index in [-0.39, 0.29) is 6.10 Å². The van der Waals surface area contributed by atoms with Gasteiger partial charge in [0.25, 0.3) is 5.91 Å². The molecule has 36 heavy (non-hydrogen) atoms. The molecular formula is C27H24ClN5O2S. The molecule has 0 aliphatic carbocycles. The van der Waals surface area contributed by atoms with Crippen LogP contribution in [-0.2, 0) is 6.54 Å². The number of benzene rings is 1. The van der Waals surface area contributed by atoms with E-state index >= 15 is 0 Å². The minimum Gasteiger partial charge on any atom is -0.484 e. The lowest BCUT2D eigenvalue weighted by molar-refractivity contribution is 0.0998. The van der Waals surface area contributed by atoms with E-state index < -0.39 is 5.91 Å². The highest BCUT2D eigenvalue weighted by atomic mass is 35.5. The Morgan fingerprint density at radius 3 is 2.72 bits per heavy atom. The number of carbonyl (C=O) groups is 1. The molecule has 0 aliphatic heterocycles. The Bertz CT molecular complexity index is 1530. The number of pyridine rings is 2. The van der Waals surface area contributed by atoms with E-state index in [1.807, 2.05) is 79.2 Å². The number of primary amides is 1. The maximum atomic E-state index is 12.3. The smallest absolute Gasteiger partial charge is 0.262 e. The third-order valence-corrected chi connectivity index (χ3v) is 7.35. The molecule has 0 unspecified atom stereocenters. The number of hydrogen-bond donors (Lipinski definition) is 1. The predicted octanol–water partition coefficient (Wildman–Crippen LogP) is 5.99. The van der Waals surface area contributed by atoms with Gasteiger partial charge >= 0.3 is 0 Å². The molecule has 0 saturated heterocycles. The molecular weight excluding hydrogens is 494 g/mol. The summed E-state index contributed by atoms with van der Waals surface area (Å²) in [5, 5.41) is 0.603. The average molecular weight is 518 g/mol. The van der Waals surface area contributed by atoms with Crippen molar-refractivity contribution in [2.24, 2.45) is 5.73 Å². The quantitative estimate of drug-likeness (QED) is 0.273. The second-order valence-electron chi connectivity index (χ2n) is 8.40. The number of aromatic nitrogens is 3. The average Bonchev–Trinajstić information content (AvgIpc) is 3.48. The maximum absolute atomic E-state index is 12.3. The number of rotatable bonds is 8. The number of amides is 1. The number of ether oxygens (including phenoxy) is 1. The van der Waals surface area contributed by atoms with Crippen molar-refractivity contribution in [3.63, 3.8) is 0 Å². The number of nitrogens with zero attached hydrogens (tertiary/aromatic N) is 4. The fraction of sp³-hybridized carbons (Fsp3) is 0.148. The lowest BCUT2D eigenvalue weighted by Gasteiger charge is -2.18. The largest absolute Gasteiger partial charge is 0.484 e. The molecule has 0 spiro atoms. The van der Waals surface area contributed by atoms with Crippen molar-refractivity contribution in [2.45, 2.75) is 19.6 Å². The van der Waals surface area contributed by atoms with E-state index in [2.05, 4.69) is 20.9 Å². The number of imidazole rings is 1. The zero-order chi connectivity index (χ0) is 25.2. The van der Waals surface area contributed by atoms with Crippen molar-refractivity contribution >= 4 is 40.3 Å². The Morgan fingerprint density at radius 2 is 1.97 bits per heavy atom. The van der Waals surface area contributed by atoms with Crippen LogP contribution in [0, 0.1) is 0 Å². The van der Waals surface area contributed by atoms with Crippen molar-refractivity contribution in [1.29, 1.82) is 0 Å². The molecule has 1 aromatic carbocycles. The SMILES string of the molecule is C[C@@H](Oc1cc(-c2cnc3ccc(CN(C)c4ccccn4)cn23)sc1C(N)=O)c1ccccc1Cl. The van der Waals surface area contributed by atoms with Gasteiger partial charge in [-0.05, 0) is 36.8 Å². The molecule has 5 aromatic rings. The summed E-state index contributed by atoms with van der Waals surface area (Å²) < 4.78 is 8.19. The zero-order valence-electron chi connectivity index (χ0n) is 19.8. The molecule has 1 amide bonds. The van der Waals surface area contributed by atoms with Crippen LogP contribution in [0.4, 0.5) is 5.82 Å². The van der Waals surface area contributed by atoms with E-state index in [4.69, 9.17) is 22.1 Å². The van der Waals surface area contributed by atoms with Gasteiger partial charge in [-0.3, -0.25) is 9.20 Å². The van der Waals surface area contributed by atoms with Crippen LogP contribution >= 0.6 is 22.9 Å². The number of fused-ring (bicyclic) bond motifs is 1.